The number of amides is 1. The maximum Gasteiger partial charge on any atom is 0.226 e. The molecule has 0 radical (unpaired) electrons. The maximum atomic E-state index is 13.0. The zero-order valence-electron chi connectivity index (χ0n) is 16.5. The van der Waals surface area contributed by atoms with Gasteiger partial charge in [-0.2, -0.15) is 0 Å². The highest BCUT2D eigenvalue weighted by atomic mass is 35.5. The van der Waals surface area contributed by atoms with E-state index in [-0.39, 0.29) is 17.9 Å². The van der Waals surface area contributed by atoms with Gasteiger partial charge in [0.05, 0.1) is 24.8 Å². The molecule has 30 heavy (non-hydrogen) atoms. The summed E-state index contributed by atoms with van der Waals surface area (Å²) in [5.74, 6) is 1.01. The number of rotatable bonds is 6. The number of anilines is 1. The molecule has 1 aliphatic heterocycles. The van der Waals surface area contributed by atoms with Gasteiger partial charge in [0.15, 0.2) is 0 Å². The van der Waals surface area contributed by atoms with Crippen LogP contribution >= 0.6 is 11.6 Å². The summed E-state index contributed by atoms with van der Waals surface area (Å²) in [4.78, 5) is 23.5. The van der Waals surface area contributed by atoms with Crippen LogP contribution in [0.15, 0.2) is 60.8 Å². The van der Waals surface area contributed by atoms with E-state index in [9.17, 15) is 4.79 Å². The van der Waals surface area contributed by atoms with Gasteiger partial charge in [0, 0.05) is 23.3 Å². The van der Waals surface area contributed by atoms with Gasteiger partial charge in [-0.15, -0.1) is 0 Å². The number of likely N-dealkylation sites (tertiary alicyclic amines) is 1. The fraction of sp³-hybridized carbons (Fsp3) is 0.261. The molecule has 4 rings (SSSR count). The van der Waals surface area contributed by atoms with E-state index in [0.29, 0.717) is 24.6 Å². The lowest BCUT2D eigenvalue weighted by molar-refractivity contribution is -0.132. The Bertz CT molecular complexity index is 1010. The van der Waals surface area contributed by atoms with Crippen molar-refractivity contribution in [3.05, 3.63) is 71.5 Å². The molecule has 2 aromatic carbocycles. The highest BCUT2D eigenvalue weighted by molar-refractivity contribution is 6.30. The second-order valence-electron chi connectivity index (χ2n) is 7.19. The lowest BCUT2D eigenvalue weighted by Crippen LogP contribution is -2.32. The number of carbonyl (C=O) groups excluding carboxylic acids is 1. The second kappa shape index (κ2) is 9.13. The summed E-state index contributed by atoms with van der Waals surface area (Å²) in [5, 5.41) is 0.660. The van der Waals surface area contributed by atoms with Crippen LogP contribution in [0.5, 0.6) is 5.75 Å². The highest BCUT2D eigenvalue weighted by Gasteiger charge is 2.32. The quantitative estimate of drug-likeness (QED) is 0.632. The van der Waals surface area contributed by atoms with Gasteiger partial charge in [-0.25, -0.2) is 9.97 Å². The lowest BCUT2D eigenvalue weighted by atomic mass is 10.00. The Kier molecular flexibility index (Phi) is 6.14. The number of para-hydroxylation sites is 1. The van der Waals surface area contributed by atoms with Crippen molar-refractivity contribution in [3.8, 4) is 16.9 Å². The summed E-state index contributed by atoms with van der Waals surface area (Å²) in [6, 6.07) is 16.9. The number of hydrogen-bond acceptors (Lipinski definition) is 5. The molecule has 0 spiro atoms. The molecule has 0 aliphatic carbocycles. The van der Waals surface area contributed by atoms with Gasteiger partial charge in [0.2, 0.25) is 11.9 Å². The molecule has 1 fully saturated rings. The third-order valence-corrected chi connectivity index (χ3v) is 5.46. The Hall–Kier alpha value is -3.12. The van der Waals surface area contributed by atoms with Gasteiger partial charge >= 0.3 is 0 Å². The van der Waals surface area contributed by atoms with E-state index in [1.54, 1.807) is 6.20 Å². The van der Waals surface area contributed by atoms with Gasteiger partial charge < -0.3 is 15.4 Å². The Morgan fingerprint density at radius 2 is 1.93 bits per heavy atom. The Balaban J connectivity index is 1.52. The summed E-state index contributed by atoms with van der Waals surface area (Å²) in [7, 11) is 0. The molecular weight excluding hydrogens is 400 g/mol. The Morgan fingerprint density at radius 3 is 2.70 bits per heavy atom. The SMILES string of the molecule is Nc1ncc(-c2ccc(Cl)cc2)c(C2CCCN2C(=O)CCOc2ccccc2)n1. The third-order valence-electron chi connectivity index (χ3n) is 5.21. The predicted molar refractivity (Wildman–Crippen MR) is 117 cm³/mol. The minimum absolute atomic E-state index is 0.0488. The predicted octanol–water partition coefficient (Wildman–Crippen LogP) is 4.51. The summed E-state index contributed by atoms with van der Waals surface area (Å²) in [5.41, 5.74) is 8.49. The molecule has 1 aliphatic rings. The average molecular weight is 423 g/mol. The third kappa shape index (κ3) is 4.54. The molecule has 0 bridgehead atoms. The van der Waals surface area contributed by atoms with Crippen LogP contribution in [0.3, 0.4) is 0 Å². The number of nitrogen functional groups attached to an aromatic ring is 1. The summed E-state index contributed by atoms with van der Waals surface area (Å²) >= 11 is 6.03. The van der Waals surface area contributed by atoms with Gasteiger partial charge in [0.1, 0.15) is 5.75 Å². The van der Waals surface area contributed by atoms with E-state index in [2.05, 4.69) is 9.97 Å². The largest absolute Gasteiger partial charge is 0.493 e. The van der Waals surface area contributed by atoms with Gasteiger partial charge in [-0.3, -0.25) is 4.79 Å². The molecule has 1 unspecified atom stereocenters. The van der Waals surface area contributed by atoms with Crippen LogP contribution in [-0.4, -0.2) is 33.9 Å². The van der Waals surface area contributed by atoms with Crippen LogP contribution in [0.2, 0.25) is 5.02 Å². The molecule has 1 amide bonds. The first-order chi connectivity index (χ1) is 14.6. The van der Waals surface area contributed by atoms with Gasteiger partial charge in [-0.1, -0.05) is 41.9 Å². The normalized spacial score (nSPS) is 15.9. The first-order valence-corrected chi connectivity index (χ1v) is 10.4. The van der Waals surface area contributed by atoms with Crippen molar-refractivity contribution in [2.24, 2.45) is 0 Å². The number of hydrogen-bond donors (Lipinski definition) is 1. The van der Waals surface area contributed by atoms with E-state index >= 15 is 0 Å². The monoisotopic (exact) mass is 422 g/mol. The van der Waals surface area contributed by atoms with Crippen molar-refractivity contribution in [2.75, 3.05) is 18.9 Å². The highest BCUT2D eigenvalue weighted by Crippen LogP contribution is 2.37. The fourth-order valence-electron chi connectivity index (χ4n) is 3.78. The summed E-state index contributed by atoms with van der Waals surface area (Å²) in [6.45, 7) is 1.03. The number of nitrogens with zero attached hydrogens (tertiary/aromatic N) is 3. The molecule has 3 aromatic rings. The van der Waals surface area contributed by atoms with Crippen LogP contribution < -0.4 is 10.5 Å². The van der Waals surface area contributed by atoms with Crippen molar-refractivity contribution in [2.45, 2.75) is 25.3 Å². The van der Waals surface area contributed by atoms with Crippen LogP contribution in [0.25, 0.3) is 11.1 Å². The molecule has 2 heterocycles. The van der Waals surface area contributed by atoms with E-state index in [1.807, 2.05) is 59.5 Å². The molecule has 0 saturated carbocycles. The molecular formula is C23H23ClN4O2. The van der Waals surface area contributed by atoms with E-state index < -0.39 is 0 Å². The van der Waals surface area contributed by atoms with Crippen molar-refractivity contribution >= 4 is 23.5 Å². The van der Waals surface area contributed by atoms with Gasteiger partial charge in [0.25, 0.3) is 0 Å². The second-order valence-corrected chi connectivity index (χ2v) is 7.63. The number of carbonyl (C=O) groups is 1. The minimum Gasteiger partial charge on any atom is -0.493 e. The van der Waals surface area contributed by atoms with Crippen molar-refractivity contribution in [3.63, 3.8) is 0 Å². The van der Waals surface area contributed by atoms with Crippen LogP contribution in [0, 0.1) is 0 Å². The van der Waals surface area contributed by atoms with Crippen LogP contribution in [0.4, 0.5) is 5.95 Å². The Morgan fingerprint density at radius 1 is 1.17 bits per heavy atom. The van der Waals surface area contributed by atoms with Crippen molar-refractivity contribution < 1.29 is 9.53 Å². The topological polar surface area (TPSA) is 81.3 Å². The smallest absolute Gasteiger partial charge is 0.226 e. The maximum absolute atomic E-state index is 13.0. The Labute approximate surface area is 180 Å². The zero-order chi connectivity index (χ0) is 20.9. The van der Waals surface area contributed by atoms with E-state index in [0.717, 1.165) is 35.4 Å². The molecule has 1 saturated heterocycles. The minimum atomic E-state index is -0.134. The fourth-order valence-corrected chi connectivity index (χ4v) is 3.91. The molecule has 6 nitrogen and oxygen atoms in total. The first kappa shape index (κ1) is 20.2. The van der Waals surface area contributed by atoms with Crippen LogP contribution in [0.1, 0.15) is 31.0 Å². The molecule has 1 atom stereocenters. The lowest BCUT2D eigenvalue weighted by Gasteiger charge is -2.26. The van der Waals surface area contributed by atoms with E-state index in [4.69, 9.17) is 22.1 Å². The summed E-state index contributed by atoms with van der Waals surface area (Å²) < 4.78 is 5.69. The van der Waals surface area contributed by atoms with Gasteiger partial charge in [-0.05, 0) is 42.7 Å². The molecule has 7 heteroatoms. The molecule has 154 valence electrons. The van der Waals surface area contributed by atoms with Crippen molar-refractivity contribution in [1.29, 1.82) is 0 Å². The number of aromatic nitrogens is 2. The number of benzene rings is 2. The number of halogens is 1. The number of nitrogens with two attached hydrogens (primary N) is 1. The average Bonchev–Trinajstić information content (AvgIpc) is 3.25. The molecule has 1 aromatic heterocycles. The number of ether oxygens (including phenoxy) is 1. The zero-order valence-corrected chi connectivity index (χ0v) is 17.3. The first-order valence-electron chi connectivity index (χ1n) is 9.97. The summed E-state index contributed by atoms with van der Waals surface area (Å²) in [6.07, 6.45) is 3.78. The standard InChI is InChI=1S/C23H23ClN4O2/c24-17-10-8-16(9-11-17)19-15-26-23(25)27-22(19)20-7-4-13-28(20)21(29)12-14-30-18-5-2-1-3-6-18/h1-3,5-6,8-11,15,20H,4,7,12-14H2,(H2,25,26,27). The van der Waals surface area contributed by atoms with Crippen molar-refractivity contribution in [1.82, 2.24) is 14.9 Å². The molecule has 2 N–H and O–H groups in total. The van der Waals surface area contributed by atoms with E-state index in [1.165, 1.54) is 0 Å². The van der Waals surface area contributed by atoms with Crippen LogP contribution in [-0.2, 0) is 4.79 Å².